The van der Waals surface area contributed by atoms with E-state index in [9.17, 15) is 0 Å². The van der Waals surface area contributed by atoms with Crippen molar-refractivity contribution < 1.29 is 4.74 Å². The molecule has 0 saturated carbocycles. The summed E-state index contributed by atoms with van der Waals surface area (Å²) in [4.78, 5) is 7.33. The van der Waals surface area contributed by atoms with Crippen LogP contribution in [0, 0.1) is 0 Å². The first-order chi connectivity index (χ1) is 13.6. The number of ether oxygens (including phenoxy) is 1. The summed E-state index contributed by atoms with van der Waals surface area (Å²) in [5.74, 6) is 0. The van der Waals surface area contributed by atoms with Crippen LogP contribution in [0.15, 0.2) is 48.5 Å². The smallest absolute Gasteiger partial charge is 0.0727 e. The number of nitrogens with two attached hydrogens (primary N) is 1. The first-order valence-corrected chi connectivity index (χ1v) is 10.2. The van der Waals surface area contributed by atoms with Crippen molar-refractivity contribution in [3.8, 4) is 11.3 Å². The van der Waals surface area contributed by atoms with Crippen molar-refractivity contribution in [2.24, 2.45) is 5.73 Å². The number of pyridine rings is 1. The Kier molecular flexibility index (Phi) is 5.93. The van der Waals surface area contributed by atoms with E-state index in [2.05, 4.69) is 41.3 Å². The molecule has 146 valence electrons. The van der Waals surface area contributed by atoms with Gasteiger partial charge < -0.3 is 10.5 Å². The summed E-state index contributed by atoms with van der Waals surface area (Å²) < 4.78 is 5.49. The Bertz CT molecular complexity index is 950. The fraction of sp³-hybridized carbons (Fsp3) is 0.348. The van der Waals surface area contributed by atoms with E-state index in [1.165, 1.54) is 11.1 Å². The second-order valence-electron chi connectivity index (χ2n) is 7.59. The SMILES string of the molecule is CC(N)Cc1ccc(-c2cc(CN3CCOCC3)c3ccc(Cl)cc3n2)cc1. The number of fused-ring (bicyclic) bond motifs is 1. The Hall–Kier alpha value is -1.98. The summed E-state index contributed by atoms with van der Waals surface area (Å²) in [5.41, 5.74) is 11.5. The van der Waals surface area contributed by atoms with Gasteiger partial charge in [0, 0.05) is 41.6 Å². The molecule has 28 heavy (non-hydrogen) atoms. The van der Waals surface area contributed by atoms with Crippen LogP contribution in [0.25, 0.3) is 22.2 Å². The van der Waals surface area contributed by atoms with Crippen molar-refractivity contribution >= 4 is 22.5 Å². The van der Waals surface area contributed by atoms with Crippen LogP contribution in [0.2, 0.25) is 5.02 Å². The lowest BCUT2D eigenvalue weighted by Crippen LogP contribution is -2.35. The van der Waals surface area contributed by atoms with Crippen molar-refractivity contribution in [1.82, 2.24) is 9.88 Å². The maximum absolute atomic E-state index is 6.25. The molecule has 2 N–H and O–H groups in total. The number of benzene rings is 2. The summed E-state index contributed by atoms with van der Waals surface area (Å²) >= 11 is 6.25. The number of hydrogen-bond acceptors (Lipinski definition) is 4. The molecule has 5 heteroatoms. The lowest BCUT2D eigenvalue weighted by atomic mass is 10.0. The highest BCUT2D eigenvalue weighted by Gasteiger charge is 2.15. The van der Waals surface area contributed by atoms with Crippen molar-refractivity contribution in [1.29, 1.82) is 0 Å². The fourth-order valence-corrected chi connectivity index (χ4v) is 3.90. The molecule has 2 aromatic carbocycles. The van der Waals surface area contributed by atoms with E-state index in [4.69, 9.17) is 27.1 Å². The lowest BCUT2D eigenvalue weighted by molar-refractivity contribution is 0.0344. The van der Waals surface area contributed by atoms with E-state index in [0.29, 0.717) is 5.02 Å². The van der Waals surface area contributed by atoms with Crippen molar-refractivity contribution in [3.05, 3.63) is 64.7 Å². The van der Waals surface area contributed by atoms with Crippen LogP contribution in [-0.2, 0) is 17.7 Å². The summed E-state index contributed by atoms with van der Waals surface area (Å²) in [6, 6.07) is 16.9. The van der Waals surface area contributed by atoms with Gasteiger partial charge >= 0.3 is 0 Å². The molecule has 0 bridgehead atoms. The molecule has 1 saturated heterocycles. The first-order valence-electron chi connectivity index (χ1n) is 9.83. The van der Waals surface area contributed by atoms with Gasteiger partial charge in [0.2, 0.25) is 0 Å². The number of halogens is 1. The van der Waals surface area contributed by atoms with Crippen LogP contribution in [-0.4, -0.2) is 42.2 Å². The van der Waals surface area contributed by atoms with Crippen LogP contribution in [0.3, 0.4) is 0 Å². The van der Waals surface area contributed by atoms with Crippen LogP contribution in [0.1, 0.15) is 18.1 Å². The van der Waals surface area contributed by atoms with Crippen LogP contribution in [0.4, 0.5) is 0 Å². The Morgan fingerprint density at radius 1 is 1.11 bits per heavy atom. The molecular weight excluding hydrogens is 370 g/mol. The van der Waals surface area contributed by atoms with Gasteiger partial charge in [-0.2, -0.15) is 0 Å². The molecule has 4 nitrogen and oxygen atoms in total. The third kappa shape index (κ3) is 4.53. The fourth-order valence-electron chi connectivity index (χ4n) is 3.74. The number of hydrogen-bond donors (Lipinski definition) is 1. The largest absolute Gasteiger partial charge is 0.379 e. The van der Waals surface area contributed by atoms with Gasteiger partial charge in [-0.1, -0.05) is 41.9 Å². The maximum Gasteiger partial charge on any atom is 0.0727 e. The second-order valence-corrected chi connectivity index (χ2v) is 8.03. The van der Waals surface area contributed by atoms with Gasteiger partial charge in [0.1, 0.15) is 0 Å². The molecule has 1 unspecified atom stereocenters. The van der Waals surface area contributed by atoms with Crippen molar-refractivity contribution in [2.45, 2.75) is 25.9 Å². The molecule has 0 amide bonds. The molecule has 3 aromatic rings. The molecule has 1 aliphatic heterocycles. The van der Waals surface area contributed by atoms with E-state index in [0.717, 1.165) is 61.4 Å². The summed E-state index contributed by atoms with van der Waals surface area (Å²) in [7, 11) is 0. The van der Waals surface area contributed by atoms with Gasteiger partial charge in [0.05, 0.1) is 24.4 Å². The van der Waals surface area contributed by atoms with Gasteiger partial charge in [-0.05, 0) is 42.7 Å². The van der Waals surface area contributed by atoms with Crippen LogP contribution >= 0.6 is 11.6 Å². The highest BCUT2D eigenvalue weighted by Crippen LogP contribution is 2.28. The molecule has 4 rings (SSSR count). The Balaban J connectivity index is 1.71. The standard InChI is InChI=1S/C23H26ClN3O/c1-16(25)12-17-2-4-18(5-3-17)22-13-19(15-27-8-10-28-11-9-27)21-7-6-20(24)14-23(21)26-22/h2-7,13-14,16H,8-12,15,25H2,1H3. The number of aromatic nitrogens is 1. The molecular formula is C23H26ClN3O. The minimum atomic E-state index is 0.159. The van der Waals surface area contributed by atoms with Gasteiger partial charge in [-0.25, -0.2) is 4.98 Å². The maximum atomic E-state index is 6.25. The van der Waals surface area contributed by atoms with Crippen LogP contribution < -0.4 is 5.73 Å². The Morgan fingerprint density at radius 3 is 2.57 bits per heavy atom. The molecule has 1 aliphatic rings. The van der Waals surface area contributed by atoms with Gasteiger partial charge in [-0.3, -0.25) is 4.90 Å². The summed E-state index contributed by atoms with van der Waals surface area (Å²) in [6.45, 7) is 6.42. The molecule has 0 radical (unpaired) electrons. The summed E-state index contributed by atoms with van der Waals surface area (Å²) in [5, 5.41) is 1.87. The van der Waals surface area contributed by atoms with Gasteiger partial charge in [-0.15, -0.1) is 0 Å². The van der Waals surface area contributed by atoms with Gasteiger partial charge in [0.25, 0.3) is 0 Å². The monoisotopic (exact) mass is 395 g/mol. The third-order valence-electron chi connectivity index (χ3n) is 5.16. The summed E-state index contributed by atoms with van der Waals surface area (Å²) in [6.07, 6.45) is 0.878. The Morgan fingerprint density at radius 2 is 1.86 bits per heavy atom. The predicted octanol–water partition coefficient (Wildman–Crippen LogP) is 4.28. The van der Waals surface area contributed by atoms with Crippen molar-refractivity contribution in [2.75, 3.05) is 26.3 Å². The number of rotatable bonds is 5. The van der Waals surface area contributed by atoms with Crippen LogP contribution in [0.5, 0.6) is 0 Å². The Labute approximate surface area is 171 Å². The van der Waals surface area contributed by atoms with Gasteiger partial charge in [0.15, 0.2) is 0 Å². The molecule has 0 spiro atoms. The minimum absolute atomic E-state index is 0.159. The van der Waals surface area contributed by atoms with E-state index in [1.807, 2.05) is 19.1 Å². The predicted molar refractivity (Wildman–Crippen MR) is 116 cm³/mol. The third-order valence-corrected chi connectivity index (χ3v) is 5.40. The second kappa shape index (κ2) is 8.58. The molecule has 1 atom stereocenters. The molecule has 1 fully saturated rings. The number of nitrogens with zero attached hydrogens (tertiary/aromatic N) is 2. The average Bonchev–Trinajstić information content (AvgIpc) is 2.68. The minimum Gasteiger partial charge on any atom is -0.379 e. The first kappa shape index (κ1) is 19.3. The molecule has 1 aromatic heterocycles. The highest BCUT2D eigenvalue weighted by atomic mass is 35.5. The quantitative estimate of drug-likeness (QED) is 0.700. The van der Waals surface area contributed by atoms with E-state index < -0.39 is 0 Å². The average molecular weight is 396 g/mol. The zero-order valence-corrected chi connectivity index (χ0v) is 17.0. The topological polar surface area (TPSA) is 51.4 Å². The van der Waals surface area contributed by atoms with Crippen molar-refractivity contribution in [3.63, 3.8) is 0 Å². The zero-order valence-electron chi connectivity index (χ0n) is 16.2. The number of morpholine rings is 1. The van der Waals surface area contributed by atoms with E-state index in [1.54, 1.807) is 0 Å². The van der Waals surface area contributed by atoms with E-state index >= 15 is 0 Å². The molecule has 2 heterocycles. The normalized spacial score (nSPS) is 16.4. The highest BCUT2D eigenvalue weighted by molar-refractivity contribution is 6.31. The lowest BCUT2D eigenvalue weighted by Gasteiger charge is -2.27. The van der Waals surface area contributed by atoms with E-state index in [-0.39, 0.29) is 6.04 Å². The zero-order chi connectivity index (χ0) is 19.5. The molecule has 0 aliphatic carbocycles.